The molecule has 9 heteroatoms. The van der Waals surface area contributed by atoms with Crippen LogP contribution in [0.25, 0.3) is 11.0 Å². The first-order chi connectivity index (χ1) is 14.7. The van der Waals surface area contributed by atoms with Gasteiger partial charge in [0.25, 0.3) is 0 Å². The van der Waals surface area contributed by atoms with E-state index in [0.29, 0.717) is 48.5 Å². The van der Waals surface area contributed by atoms with E-state index in [1.54, 1.807) is 4.90 Å². The van der Waals surface area contributed by atoms with Gasteiger partial charge in [-0.05, 0) is 52.2 Å². The highest BCUT2D eigenvalue weighted by atomic mass is 35.5. The number of hydrogen-bond acceptors (Lipinski definition) is 6. The summed E-state index contributed by atoms with van der Waals surface area (Å²) in [6.07, 6.45) is 3.27. The predicted octanol–water partition coefficient (Wildman–Crippen LogP) is 4.40. The molecule has 2 aliphatic heterocycles. The second-order valence-corrected chi connectivity index (χ2v) is 9.64. The van der Waals surface area contributed by atoms with Crippen molar-refractivity contribution in [1.82, 2.24) is 14.5 Å². The second-order valence-electron chi connectivity index (χ2n) is 9.26. The fourth-order valence-corrected chi connectivity index (χ4v) is 4.51. The first-order valence-electron chi connectivity index (χ1n) is 10.9. The Morgan fingerprint density at radius 2 is 2.10 bits per heavy atom. The molecule has 2 aromatic rings. The zero-order valence-corrected chi connectivity index (χ0v) is 19.2. The summed E-state index contributed by atoms with van der Waals surface area (Å²) in [6.45, 7) is 8.01. The number of aromatic nitrogens is 2. The molecule has 2 atom stereocenters. The number of nitrogens with zero attached hydrogens (tertiary/aromatic N) is 3. The lowest BCUT2D eigenvalue weighted by atomic mass is 10.1. The number of rotatable bonds is 3. The molecule has 0 aliphatic carbocycles. The molecule has 0 saturated carbocycles. The molecule has 0 radical (unpaired) electrons. The normalized spacial score (nSPS) is 22.5. The van der Waals surface area contributed by atoms with Crippen molar-refractivity contribution in [1.29, 1.82) is 0 Å². The Balaban J connectivity index is 1.65. The molecular weight excluding hydrogens is 420 g/mol. The van der Waals surface area contributed by atoms with Crippen LogP contribution in [0, 0.1) is 0 Å². The standard InChI is InChI=1S/C22H31ClN4O4/c1-22(2,3)31-21(28)26-10-5-4-6-14(12-26)27-19-16(25-20(27)24)7-8-17(18(19)23)30-15-9-11-29-13-15/h7-8,14-15H,4-6,9-13H2,1-3H3,(H2,24,25)/t14?,15-/m1/s1. The Hall–Kier alpha value is -2.19. The van der Waals surface area contributed by atoms with E-state index in [1.165, 1.54) is 0 Å². The van der Waals surface area contributed by atoms with Gasteiger partial charge in [0.1, 0.15) is 22.5 Å². The van der Waals surface area contributed by atoms with Gasteiger partial charge in [-0.25, -0.2) is 9.78 Å². The van der Waals surface area contributed by atoms with Gasteiger partial charge in [-0.1, -0.05) is 11.6 Å². The number of halogens is 1. The largest absolute Gasteiger partial charge is 0.486 e. The molecule has 1 aromatic heterocycles. The van der Waals surface area contributed by atoms with Crippen LogP contribution in [0.5, 0.6) is 5.75 Å². The maximum Gasteiger partial charge on any atom is 0.410 e. The number of hydrogen-bond donors (Lipinski definition) is 1. The first-order valence-corrected chi connectivity index (χ1v) is 11.3. The summed E-state index contributed by atoms with van der Waals surface area (Å²) in [5, 5.41) is 0.488. The van der Waals surface area contributed by atoms with Crippen molar-refractivity contribution in [2.24, 2.45) is 0 Å². The lowest BCUT2D eigenvalue weighted by molar-refractivity contribution is 0.0238. The van der Waals surface area contributed by atoms with E-state index >= 15 is 0 Å². The Labute approximate surface area is 187 Å². The van der Waals surface area contributed by atoms with E-state index in [1.807, 2.05) is 37.5 Å². The number of amides is 1. The number of nitrogens with two attached hydrogens (primary N) is 1. The highest BCUT2D eigenvalue weighted by Crippen LogP contribution is 2.38. The number of fused-ring (bicyclic) bond motifs is 1. The van der Waals surface area contributed by atoms with Crippen LogP contribution < -0.4 is 10.5 Å². The summed E-state index contributed by atoms with van der Waals surface area (Å²) in [6, 6.07) is 3.66. The zero-order valence-electron chi connectivity index (χ0n) is 18.4. The summed E-state index contributed by atoms with van der Waals surface area (Å²) in [4.78, 5) is 19.0. The third-order valence-corrected chi connectivity index (χ3v) is 5.99. The van der Waals surface area contributed by atoms with Crippen LogP contribution in [0.2, 0.25) is 5.02 Å². The monoisotopic (exact) mass is 450 g/mol. The van der Waals surface area contributed by atoms with Gasteiger partial charge in [-0.15, -0.1) is 0 Å². The number of carbonyl (C=O) groups excluding carboxylic acids is 1. The van der Waals surface area contributed by atoms with Gasteiger partial charge in [0.05, 0.1) is 30.3 Å². The van der Waals surface area contributed by atoms with Crippen LogP contribution in [-0.4, -0.2) is 58.6 Å². The first kappa shape index (κ1) is 22.0. The van der Waals surface area contributed by atoms with Crippen molar-refractivity contribution in [2.75, 3.05) is 32.0 Å². The summed E-state index contributed by atoms with van der Waals surface area (Å²) in [5.41, 5.74) is 7.25. The zero-order chi connectivity index (χ0) is 22.2. The van der Waals surface area contributed by atoms with Gasteiger partial charge in [0.2, 0.25) is 5.95 Å². The van der Waals surface area contributed by atoms with Crippen molar-refractivity contribution in [3.8, 4) is 5.75 Å². The van der Waals surface area contributed by atoms with Crippen molar-refractivity contribution in [3.05, 3.63) is 17.2 Å². The van der Waals surface area contributed by atoms with E-state index in [-0.39, 0.29) is 18.2 Å². The van der Waals surface area contributed by atoms with Crippen molar-refractivity contribution in [3.63, 3.8) is 0 Å². The lowest BCUT2D eigenvalue weighted by Crippen LogP contribution is -2.39. The van der Waals surface area contributed by atoms with Crippen LogP contribution in [0.3, 0.4) is 0 Å². The third kappa shape index (κ3) is 4.85. The summed E-state index contributed by atoms with van der Waals surface area (Å²) < 4.78 is 19.1. The Kier molecular flexibility index (Phi) is 6.21. The quantitative estimate of drug-likeness (QED) is 0.745. The van der Waals surface area contributed by atoms with Gasteiger partial charge in [-0.2, -0.15) is 0 Å². The molecule has 3 heterocycles. The lowest BCUT2D eigenvalue weighted by Gasteiger charge is -2.29. The molecule has 0 spiro atoms. The van der Waals surface area contributed by atoms with E-state index < -0.39 is 5.60 Å². The van der Waals surface area contributed by atoms with Crippen LogP contribution in [0.1, 0.15) is 52.5 Å². The molecule has 2 aliphatic rings. The number of anilines is 1. The highest BCUT2D eigenvalue weighted by molar-refractivity contribution is 6.36. The van der Waals surface area contributed by atoms with Crippen LogP contribution in [-0.2, 0) is 9.47 Å². The Morgan fingerprint density at radius 3 is 2.81 bits per heavy atom. The van der Waals surface area contributed by atoms with Crippen molar-refractivity contribution >= 4 is 34.7 Å². The number of benzene rings is 1. The molecule has 2 fully saturated rings. The fraction of sp³-hybridized carbons (Fsp3) is 0.636. The Bertz CT molecular complexity index is 949. The van der Waals surface area contributed by atoms with E-state index in [2.05, 4.69) is 4.98 Å². The molecular formula is C22H31ClN4O4. The second kappa shape index (κ2) is 8.74. The van der Waals surface area contributed by atoms with Gasteiger partial charge in [-0.3, -0.25) is 0 Å². The van der Waals surface area contributed by atoms with E-state index in [4.69, 9.17) is 31.5 Å². The van der Waals surface area contributed by atoms with E-state index in [9.17, 15) is 4.79 Å². The van der Waals surface area contributed by atoms with Gasteiger partial charge in [0, 0.05) is 19.5 Å². The number of likely N-dealkylation sites (tertiary alicyclic amines) is 1. The molecule has 2 saturated heterocycles. The number of ether oxygens (including phenoxy) is 3. The average molecular weight is 451 g/mol. The number of nitrogen functional groups attached to an aromatic ring is 1. The maximum atomic E-state index is 12.7. The van der Waals surface area contributed by atoms with Gasteiger partial charge >= 0.3 is 6.09 Å². The molecule has 0 bridgehead atoms. The summed E-state index contributed by atoms with van der Waals surface area (Å²) in [5.74, 6) is 0.984. The molecule has 170 valence electrons. The average Bonchev–Trinajstić information content (AvgIpc) is 3.23. The number of imidazole rings is 1. The smallest absolute Gasteiger partial charge is 0.410 e. The van der Waals surface area contributed by atoms with Crippen LogP contribution in [0.4, 0.5) is 10.7 Å². The minimum atomic E-state index is -0.543. The van der Waals surface area contributed by atoms with Crippen molar-refractivity contribution in [2.45, 2.75) is 64.2 Å². The summed E-state index contributed by atoms with van der Waals surface area (Å²) >= 11 is 6.80. The van der Waals surface area contributed by atoms with Gasteiger partial charge in [0.15, 0.2) is 0 Å². The minimum Gasteiger partial charge on any atom is -0.486 e. The SMILES string of the molecule is CC(C)(C)OC(=O)N1CCCCC(n2c(N)nc3ccc(O[C@@H]4CCOC4)c(Cl)c32)C1. The van der Waals surface area contributed by atoms with Crippen LogP contribution >= 0.6 is 11.6 Å². The Morgan fingerprint density at radius 1 is 1.29 bits per heavy atom. The minimum absolute atomic E-state index is 0.00999. The number of carbonyl (C=O) groups is 1. The molecule has 2 N–H and O–H groups in total. The molecule has 8 nitrogen and oxygen atoms in total. The maximum absolute atomic E-state index is 12.7. The van der Waals surface area contributed by atoms with Crippen molar-refractivity contribution < 1.29 is 19.0 Å². The van der Waals surface area contributed by atoms with Crippen LogP contribution in [0.15, 0.2) is 12.1 Å². The topological polar surface area (TPSA) is 91.8 Å². The summed E-state index contributed by atoms with van der Waals surface area (Å²) in [7, 11) is 0. The molecule has 4 rings (SSSR count). The predicted molar refractivity (Wildman–Crippen MR) is 120 cm³/mol. The molecule has 1 unspecified atom stereocenters. The molecule has 1 aromatic carbocycles. The highest BCUT2D eigenvalue weighted by Gasteiger charge is 2.30. The van der Waals surface area contributed by atoms with E-state index in [0.717, 1.165) is 31.2 Å². The molecule has 1 amide bonds. The van der Waals surface area contributed by atoms with Gasteiger partial charge < -0.3 is 29.4 Å². The molecule has 31 heavy (non-hydrogen) atoms. The third-order valence-electron chi connectivity index (χ3n) is 5.63. The fourth-order valence-electron chi connectivity index (χ4n) is 4.22.